The van der Waals surface area contributed by atoms with E-state index in [9.17, 15) is 0 Å². The Labute approximate surface area is 86.9 Å². The fraction of sp³-hybridized carbons (Fsp3) is 0.818. The number of rotatable bonds is 5. The number of hydrogen-bond donors (Lipinski definition) is 0. The van der Waals surface area contributed by atoms with E-state index in [4.69, 9.17) is 10.5 Å². The molecule has 0 rings (SSSR count). The molecule has 0 aromatic carbocycles. The fourth-order valence-electron chi connectivity index (χ4n) is 1.13. The van der Waals surface area contributed by atoms with Crippen molar-refractivity contribution in [3.05, 3.63) is 0 Å². The minimum Gasteiger partial charge on any atom is -0.305 e. The van der Waals surface area contributed by atoms with E-state index in [-0.39, 0.29) is 11.3 Å². The van der Waals surface area contributed by atoms with Gasteiger partial charge in [-0.2, -0.15) is 10.5 Å². The molecule has 0 radical (unpaired) electrons. The van der Waals surface area contributed by atoms with E-state index in [2.05, 4.69) is 17.0 Å². The molecule has 0 N–H and O–H groups in total. The van der Waals surface area contributed by atoms with Crippen LogP contribution in [-0.4, -0.2) is 25.0 Å². The van der Waals surface area contributed by atoms with Crippen LogP contribution in [0.2, 0.25) is 0 Å². The summed E-state index contributed by atoms with van der Waals surface area (Å²) in [5.41, 5.74) is -0.260. The van der Waals surface area contributed by atoms with Crippen LogP contribution in [-0.2, 0) is 0 Å². The third-order valence-corrected chi connectivity index (χ3v) is 2.23. The van der Waals surface area contributed by atoms with E-state index in [0.29, 0.717) is 0 Å². The lowest BCUT2D eigenvalue weighted by atomic mass is 9.91. The van der Waals surface area contributed by atoms with Gasteiger partial charge in [0.25, 0.3) is 0 Å². The quantitative estimate of drug-likeness (QED) is 0.671. The normalized spacial score (nSPS) is 13.4. The highest BCUT2D eigenvalue weighted by atomic mass is 15.1. The molecule has 14 heavy (non-hydrogen) atoms. The summed E-state index contributed by atoms with van der Waals surface area (Å²) in [6.45, 7) is 7.43. The Hall–Kier alpha value is -1.06. The minimum absolute atomic E-state index is 0.0604. The first-order chi connectivity index (χ1) is 6.41. The lowest BCUT2D eigenvalue weighted by Crippen LogP contribution is -2.27. The molecule has 1 atom stereocenters. The Bertz CT molecular complexity index is 244. The topological polar surface area (TPSA) is 50.8 Å². The van der Waals surface area contributed by atoms with Gasteiger partial charge < -0.3 is 4.90 Å². The Kier molecular flexibility index (Phi) is 5.20. The van der Waals surface area contributed by atoms with Crippen LogP contribution in [0.3, 0.4) is 0 Å². The van der Waals surface area contributed by atoms with Crippen molar-refractivity contribution in [3.63, 3.8) is 0 Å². The smallest absolute Gasteiger partial charge is 0.0684 e. The highest BCUT2D eigenvalue weighted by Crippen LogP contribution is 2.18. The molecule has 0 aliphatic carbocycles. The molecule has 0 fully saturated rings. The predicted molar refractivity (Wildman–Crippen MR) is 56.3 cm³/mol. The lowest BCUT2D eigenvalue weighted by molar-refractivity contribution is 0.271. The van der Waals surface area contributed by atoms with E-state index in [1.165, 1.54) is 0 Å². The second kappa shape index (κ2) is 5.62. The zero-order chi connectivity index (χ0) is 11.2. The maximum atomic E-state index is 8.81. The molecular weight excluding hydrogens is 174 g/mol. The molecule has 0 amide bonds. The van der Waals surface area contributed by atoms with Crippen molar-refractivity contribution < 1.29 is 0 Å². The van der Waals surface area contributed by atoms with Crippen LogP contribution in [0.25, 0.3) is 0 Å². The Morgan fingerprint density at radius 2 is 1.93 bits per heavy atom. The van der Waals surface area contributed by atoms with Crippen molar-refractivity contribution >= 4 is 0 Å². The van der Waals surface area contributed by atoms with Gasteiger partial charge in [-0.1, -0.05) is 0 Å². The van der Waals surface area contributed by atoms with E-state index in [1.54, 1.807) is 0 Å². The second-order valence-electron chi connectivity index (χ2n) is 4.54. The monoisotopic (exact) mass is 193 g/mol. The molecule has 0 aromatic rings. The first-order valence-electron chi connectivity index (χ1n) is 4.90. The second-order valence-corrected chi connectivity index (χ2v) is 4.54. The third-order valence-electron chi connectivity index (χ3n) is 2.23. The van der Waals surface area contributed by atoms with Crippen LogP contribution in [0.1, 0.15) is 27.2 Å². The summed E-state index contributed by atoms with van der Waals surface area (Å²) in [5, 5.41) is 17.4. The molecule has 0 saturated heterocycles. The van der Waals surface area contributed by atoms with Crippen molar-refractivity contribution in [2.45, 2.75) is 27.2 Å². The molecule has 0 aliphatic rings. The largest absolute Gasteiger partial charge is 0.305 e. The van der Waals surface area contributed by atoms with Crippen LogP contribution in [0.15, 0.2) is 0 Å². The summed E-state index contributed by atoms with van der Waals surface area (Å²) in [7, 11) is 1.99. The average molecular weight is 193 g/mol. The fourth-order valence-corrected chi connectivity index (χ4v) is 1.13. The van der Waals surface area contributed by atoms with Crippen LogP contribution in [0.5, 0.6) is 0 Å². The predicted octanol–water partition coefficient (Wildman–Crippen LogP) is 2.02. The number of nitriles is 2. The van der Waals surface area contributed by atoms with Gasteiger partial charge in [0.15, 0.2) is 0 Å². The van der Waals surface area contributed by atoms with Crippen molar-refractivity contribution in [2.75, 3.05) is 20.1 Å². The zero-order valence-electron chi connectivity index (χ0n) is 9.54. The standard InChI is InChI=1S/C11H19N3/c1-10(7-12)8-14(4)6-5-11(2,3)9-13/h10H,5-6,8H2,1-4H3. The molecule has 0 saturated carbocycles. The maximum absolute atomic E-state index is 8.81. The summed E-state index contributed by atoms with van der Waals surface area (Å²) in [5.74, 6) is 0.0604. The van der Waals surface area contributed by atoms with Crippen molar-refractivity contribution in [2.24, 2.45) is 11.3 Å². The molecular formula is C11H19N3. The Morgan fingerprint density at radius 3 is 2.36 bits per heavy atom. The SMILES string of the molecule is CC(C#N)CN(C)CCC(C)(C)C#N. The summed E-state index contributed by atoms with van der Waals surface area (Å²) in [6.07, 6.45) is 0.845. The van der Waals surface area contributed by atoms with Gasteiger partial charge in [0.2, 0.25) is 0 Å². The molecule has 78 valence electrons. The number of nitrogens with zero attached hydrogens (tertiary/aromatic N) is 3. The summed E-state index contributed by atoms with van der Waals surface area (Å²) in [6, 6.07) is 4.47. The van der Waals surface area contributed by atoms with Gasteiger partial charge in [0, 0.05) is 6.54 Å². The first kappa shape index (κ1) is 12.9. The number of hydrogen-bond acceptors (Lipinski definition) is 3. The Balaban J connectivity index is 3.82. The maximum Gasteiger partial charge on any atom is 0.0684 e. The molecule has 3 nitrogen and oxygen atoms in total. The summed E-state index contributed by atoms with van der Waals surface area (Å²) in [4.78, 5) is 2.10. The lowest BCUT2D eigenvalue weighted by Gasteiger charge is -2.22. The molecule has 0 heterocycles. The highest BCUT2D eigenvalue weighted by molar-refractivity contribution is 4.92. The van der Waals surface area contributed by atoms with Gasteiger partial charge in [-0.05, 0) is 40.8 Å². The molecule has 0 spiro atoms. The first-order valence-corrected chi connectivity index (χ1v) is 4.90. The van der Waals surface area contributed by atoms with E-state index in [0.717, 1.165) is 19.5 Å². The van der Waals surface area contributed by atoms with Crippen LogP contribution in [0, 0.1) is 34.0 Å². The van der Waals surface area contributed by atoms with Gasteiger partial charge in [-0.25, -0.2) is 0 Å². The van der Waals surface area contributed by atoms with Gasteiger partial charge in [0.1, 0.15) is 0 Å². The molecule has 3 heteroatoms. The summed E-state index contributed by atoms with van der Waals surface area (Å²) < 4.78 is 0. The average Bonchev–Trinajstić information content (AvgIpc) is 2.15. The molecule has 0 bridgehead atoms. The van der Waals surface area contributed by atoms with Crippen LogP contribution >= 0.6 is 0 Å². The molecule has 0 aromatic heterocycles. The minimum atomic E-state index is -0.260. The zero-order valence-corrected chi connectivity index (χ0v) is 9.54. The van der Waals surface area contributed by atoms with E-state index >= 15 is 0 Å². The van der Waals surface area contributed by atoms with Crippen molar-refractivity contribution in [3.8, 4) is 12.1 Å². The molecule has 0 aliphatic heterocycles. The van der Waals surface area contributed by atoms with Gasteiger partial charge in [0.05, 0.1) is 23.5 Å². The van der Waals surface area contributed by atoms with E-state index in [1.807, 2.05) is 27.8 Å². The van der Waals surface area contributed by atoms with Gasteiger partial charge >= 0.3 is 0 Å². The van der Waals surface area contributed by atoms with Crippen LogP contribution < -0.4 is 0 Å². The van der Waals surface area contributed by atoms with Crippen LogP contribution in [0.4, 0.5) is 0 Å². The highest BCUT2D eigenvalue weighted by Gasteiger charge is 2.17. The molecule has 1 unspecified atom stereocenters. The Morgan fingerprint density at radius 1 is 1.36 bits per heavy atom. The van der Waals surface area contributed by atoms with Gasteiger partial charge in [-0.3, -0.25) is 0 Å². The van der Waals surface area contributed by atoms with Gasteiger partial charge in [-0.15, -0.1) is 0 Å². The van der Waals surface area contributed by atoms with Crippen molar-refractivity contribution in [1.29, 1.82) is 10.5 Å². The van der Waals surface area contributed by atoms with E-state index < -0.39 is 0 Å². The third kappa shape index (κ3) is 5.56. The summed E-state index contributed by atoms with van der Waals surface area (Å²) >= 11 is 0. The van der Waals surface area contributed by atoms with Crippen molar-refractivity contribution in [1.82, 2.24) is 4.90 Å².